The topological polar surface area (TPSA) is 63.9 Å². The summed E-state index contributed by atoms with van der Waals surface area (Å²) in [6.07, 6.45) is 3.49. The Kier molecular flexibility index (Phi) is 7.93. The third kappa shape index (κ3) is 5.60. The van der Waals surface area contributed by atoms with Crippen LogP contribution in [0.3, 0.4) is 0 Å². The highest BCUT2D eigenvalue weighted by Crippen LogP contribution is 2.41. The third-order valence-corrected chi connectivity index (χ3v) is 6.61. The Hall–Kier alpha value is -3.09. The van der Waals surface area contributed by atoms with Crippen LogP contribution in [0.15, 0.2) is 41.0 Å². The number of fused-ring (bicyclic) bond motifs is 1. The van der Waals surface area contributed by atoms with E-state index in [4.69, 9.17) is 13.9 Å². The van der Waals surface area contributed by atoms with Gasteiger partial charge in [-0.1, -0.05) is 23.8 Å². The van der Waals surface area contributed by atoms with E-state index in [1.165, 1.54) is 11.1 Å². The summed E-state index contributed by atoms with van der Waals surface area (Å²) in [5, 5.41) is 4.04. The van der Waals surface area contributed by atoms with E-state index in [-0.39, 0.29) is 5.91 Å². The Morgan fingerprint density at radius 1 is 1.14 bits per heavy atom. The zero-order valence-electron chi connectivity index (χ0n) is 21.5. The van der Waals surface area contributed by atoms with Gasteiger partial charge in [0.15, 0.2) is 0 Å². The van der Waals surface area contributed by atoms with E-state index >= 15 is 0 Å². The monoisotopic (exact) mass is 476 g/mol. The Morgan fingerprint density at radius 2 is 1.91 bits per heavy atom. The first-order valence-electron chi connectivity index (χ1n) is 12.4. The molecule has 0 saturated carbocycles. The fourth-order valence-corrected chi connectivity index (χ4v) is 4.75. The first kappa shape index (κ1) is 25.0. The van der Waals surface area contributed by atoms with Crippen LogP contribution >= 0.6 is 0 Å². The Morgan fingerprint density at radius 3 is 2.63 bits per heavy atom. The van der Waals surface area contributed by atoms with Crippen molar-refractivity contribution in [3.8, 4) is 16.9 Å². The lowest BCUT2D eigenvalue weighted by Gasteiger charge is -2.26. The van der Waals surface area contributed by atoms with Crippen LogP contribution in [0.25, 0.3) is 27.7 Å². The van der Waals surface area contributed by atoms with Gasteiger partial charge in [-0.25, -0.2) is 0 Å². The van der Waals surface area contributed by atoms with Gasteiger partial charge in [-0.15, -0.1) is 0 Å². The molecule has 1 aliphatic rings. The molecule has 0 radical (unpaired) electrons. The van der Waals surface area contributed by atoms with E-state index < -0.39 is 0 Å². The lowest BCUT2D eigenvalue weighted by molar-refractivity contribution is -0.116. The quantitative estimate of drug-likeness (QED) is 0.449. The van der Waals surface area contributed by atoms with Crippen LogP contribution in [0.5, 0.6) is 5.75 Å². The van der Waals surface area contributed by atoms with Gasteiger partial charge in [0.2, 0.25) is 5.91 Å². The molecule has 0 spiro atoms. The molecule has 0 aliphatic carbocycles. The first-order valence-corrected chi connectivity index (χ1v) is 12.4. The van der Waals surface area contributed by atoms with Crippen LogP contribution < -0.4 is 10.1 Å². The van der Waals surface area contributed by atoms with Crippen LogP contribution in [-0.4, -0.2) is 56.8 Å². The first-order chi connectivity index (χ1) is 16.9. The minimum Gasteiger partial charge on any atom is -0.493 e. The summed E-state index contributed by atoms with van der Waals surface area (Å²) in [5.74, 6) is 0.661. The van der Waals surface area contributed by atoms with Crippen molar-refractivity contribution in [3.63, 3.8) is 0 Å². The van der Waals surface area contributed by atoms with Crippen LogP contribution in [0.4, 0.5) is 0 Å². The number of ether oxygens (including phenoxy) is 2. The number of nitrogens with one attached hydrogen (secondary N) is 1. The standard InChI is InChI=1S/C29H36N2O4/c1-6-34-28-22(5)29-25(26(18-35-29)23-8-7-19(2)15-20(23)3)17-24(28)21(4)16-27(32)30-9-10-31-11-13-33-14-12-31/h7-8,15-18H,6,9-14H2,1-5H3,(H,30,32)/b21-16+. The van der Waals surface area contributed by atoms with Gasteiger partial charge in [-0.05, 0) is 57.4 Å². The van der Waals surface area contributed by atoms with Crippen LogP contribution in [0.1, 0.15) is 36.1 Å². The van der Waals surface area contributed by atoms with E-state index in [9.17, 15) is 4.79 Å². The number of allylic oxidation sites excluding steroid dienone is 1. The molecule has 1 amide bonds. The number of carbonyl (C=O) groups excluding carboxylic acids is 1. The minimum atomic E-state index is -0.0993. The summed E-state index contributed by atoms with van der Waals surface area (Å²) in [5.41, 5.74) is 8.15. The van der Waals surface area contributed by atoms with E-state index in [0.29, 0.717) is 13.2 Å². The van der Waals surface area contributed by atoms with Crippen molar-refractivity contribution in [3.05, 3.63) is 58.9 Å². The Bertz CT molecular complexity index is 1240. The average Bonchev–Trinajstić information content (AvgIpc) is 3.25. The van der Waals surface area contributed by atoms with Crippen molar-refractivity contribution in [2.45, 2.75) is 34.6 Å². The second-order valence-corrected chi connectivity index (χ2v) is 9.23. The number of hydrogen-bond donors (Lipinski definition) is 1. The molecular formula is C29H36N2O4. The van der Waals surface area contributed by atoms with Crippen LogP contribution in [0, 0.1) is 20.8 Å². The fourth-order valence-electron chi connectivity index (χ4n) is 4.75. The van der Waals surface area contributed by atoms with Crippen molar-refractivity contribution in [2.24, 2.45) is 0 Å². The maximum absolute atomic E-state index is 12.7. The van der Waals surface area contributed by atoms with Crippen molar-refractivity contribution < 1.29 is 18.7 Å². The molecule has 0 atom stereocenters. The largest absolute Gasteiger partial charge is 0.493 e. The lowest BCUT2D eigenvalue weighted by Crippen LogP contribution is -2.41. The van der Waals surface area contributed by atoms with Gasteiger partial charge in [-0.3, -0.25) is 9.69 Å². The van der Waals surface area contributed by atoms with Crippen LogP contribution in [0.2, 0.25) is 0 Å². The Labute approximate surface area is 207 Å². The zero-order chi connectivity index (χ0) is 24.9. The number of carbonyl (C=O) groups is 1. The maximum Gasteiger partial charge on any atom is 0.244 e. The summed E-state index contributed by atoms with van der Waals surface area (Å²) < 4.78 is 17.5. The van der Waals surface area contributed by atoms with Crippen molar-refractivity contribution >= 4 is 22.4 Å². The number of benzene rings is 2. The number of morpholine rings is 1. The highest BCUT2D eigenvalue weighted by atomic mass is 16.5. The second kappa shape index (κ2) is 11.1. The van der Waals surface area contributed by atoms with Gasteiger partial charge >= 0.3 is 0 Å². The summed E-state index contributed by atoms with van der Waals surface area (Å²) in [6, 6.07) is 8.54. The average molecular weight is 477 g/mol. The van der Waals surface area contributed by atoms with Crippen molar-refractivity contribution in [1.29, 1.82) is 0 Å². The van der Waals surface area contributed by atoms with E-state index in [2.05, 4.69) is 48.3 Å². The van der Waals surface area contributed by atoms with E-state index in [1.807, 2.05) is 27.0 Å². The predicted octanol–water partition coefficient (Wildman–Crippen LogP) is 5.28. The number of nitrogens with zero attached hydrogens (tertiary/aromatic N) is 1. The normalized spacial score (nSPS) is 14.9. The van der Waals surface area contributed by atoms with E-state index in [1.54, 1.807) is 6.08 Å². The molecule has 1 N–H and O–H groups in total. The smallest absolute Gasteiger partial charge is 0.244 e. The number of amides is 1. The molecule has 35 heavy (non-hydrogen) atoms. The maximum atomic E-state index is 12.7. The summed E-state index contributed by atoms with van der Waals surface area (Å²) in [4.78, 5) is 15.0. The van der Waals surface area contributed by atoms with Gasteiger partial charge in [0.1, 0.15) is 11.3 Å². The van der Waals surface area contributed by atoms with Crippen molar-refractivity contribution in [1.82, 2.24) is 10.2 Å². The molecule has 6 nitrogen and oxygen atoms in total. The van der Waals surface area contributed by atoms with Crippen molar-refractivity contribution in [2.75, 3.05) is 46.0 Å². The molecule has 2 heterocycles. The molecule has 1 aromatic heterocycles. The van der Waals surface area contributed by atoms with E-state index in [0.717, 1.165) is 77.4 Å². The highest BCUT2D eigenvalue weighted by Gasteiger charge is 2.20. The molecule has 186 valence electrons. The molecule has 2 aromatic carbocycles. The molecule has 3 aromatic rings. The predicted molar refractivity (Wildman–Crippen MR) is 141 cm³/mol. The number of rotatable bonds is 8. The summed E-state index contributed by atoms with van der Waals surface area (Å²) in [7, 11) is 0. The van der Waals surface area contributed by atoms with Gasteiger partial charge < -0.3 is 19.2 Å². The molecule has 0 unspecified atom stereocenters. The van der Waals surface area contributed by atoms with Gasteiger partial charge in [-0.2, -0.15) is 0 Å². The van der Waals surface area contributed by atoms with Gasteiger partial charge in [0.25, 0.3) is 0 Å². The SMILES string of the molecule is CCOc1c(/C(C)=C/C(=O)NCCN2CCOCC2)cc2c(-c3ccc(C)cc3C)coc2c1C. The molecule has 1 fully saturated rings. The lowest BCUT2D eigenvalue weighted by atomic mass is 9.94. The Balaban J connectivity index is 1.64. The number of aryl methyl sites for hydroxylation is 3. The third-order valence-electron chi connectivity index (χ3n) is 6.61. The fraction of sp³-hybridized carbons (Fsp3) is 0.414. The zero-order valence-corrected chi connectivity index (χ0v) is 21.5. The molecular weight excluding hydrogens is 440 g/mol. The molecule has 1 aliphatic heterocycles. The highest BCUT2D eigenvalue weighted by molar-refractivity contribution is 6.02. The molecule has 6 heteroatoms. The summed E-state index contributed by atoms with van der Waals surface area (Å²) >= 11 is 0. The van der Waals surface area contributed by atoms with Crippen LogP contribution in [-0.2, 0) is 9.53 Å². The van der Waals surface area contributed by atoms with Gasteiger partial charge in [0, 0.05) is 54.3 Å². The minimum absolute atomic E-state index is 0.0993. The number of hydrogen-bond acceptors (Lipinski definition) is 5. The molecule has 4 rings (SSSR count). The number of furan rings is 1. The second-order valence-electron chi connectivity index (χ2n) is 9.23. The van der Waals surface area contributed by atoms with Gasteiger partial charge in [0.05, 0.1) is 26.1 Å². The summed E-state index contributed by atoms with van der Waals surface area (Å²) in [6.45, 7) is 15.5. The molecule has 1 saturated heterocycles. The molecule has 0 bridgehead atoms.